The lowest BCUT2D eigenvalue weighted by atomic mass is 10.1. The molecule has 0 aliphatic carbocycles. The first-order chi connectivity index (χ1) is 14.6. The fourth-order valence-corrected chi connectivity index (χ4v) is 4.25. The molecule has 4 rings (SSSR count). The molecule has 7 nitrogen and oxygen atoms in total. The number of fused-ring (bicyclic) bond motifs is 2. The van der Waals surface area contributed by atoms with Crippen LogP contribution in [-0.2, 0) is 17.0 Å². The topological polar surface area (TPSA) is 83.6 Å². The van der Waals surface area contributed by atoms with Crippen molar-refractivity contribution in [2.45, 2.75) is 17.5 Å². The van der Waals surface area contributed by atoms with E-state index < -0.39 is 5.63 Å². The lowest BCUT2D eigenvalue weighted by Crippen LogP contribution is -2.25. The third kappa shape index (κ3) is 3.96. The summed E-state index contributed by atoms with van der Waals surface area (Å²) in [5, 5.41) is 1.95. The number of rotatable bonds is 7. The molecule has 30 heavy (non-hydrogen) atoms. The Balaban J connectivity index is 1.74. The van der Waals surface area contributed by atoms with E-state index >= 15 is 0 Å². The molecule has 2 heterocycles. The van der Waals surface area contributed by atoms with E-state index in [2.05, 4.69) is 4.98 Å². The van der Waals surface area contributed by atoms with Gasteiger partial charge in [0, 0.05) is 30.4 Å². The highest BCUT2D eigenvalue weighted by Gasteiger charge is 2.13. The van der Waals surface area contributed by atoms with Crippen LogP contribution in [0.3, 0.4) is 0 Å². The van der Waals surface area contributed by atoms with Gasteiger partial charge in [-0.1, -0.05) is 23.9 Å². The number of benzene rings is 2. The first kappa shape index (κ1) is 20.2. The Morgan fingerprint density at radius 1 is 1.07 bits per heavy atom. The SMILES string of the molecule is COCCn1c(SCc2cc(=O)oc3cc(OC)ccc23)nc2ccccc2c1=O. The van der Waals surface area contributed by atoms with Crippen LogP contribution in [-0.4, -0.2) is 30.4 Å². The van der Waals surface area contributed by atoms with Gasteiger partial charge < -0.3 is 13.9 Å². The summed E-state index contributed by atoms with van der Waals surface area (Å²) < 4.78 is 17.3. The number of ether oxygens (including phenoxy) is 2. The van der Waals surface area contributed by atoms with Gasteiger partial charge in [0.1, 0.15) is 11.3 Å². The first-order valence-electron chi connectivity index (χ1n) is 9.33. The molecule has 0 saturated carbocycles. The van der Waals surface area contributed by atoms with E-state index in [-0.39, 0.29) is 5.56 Å². The summed E-state index contributed by atoms with van der Waals surface area (Å²) in [6, 6.07) is 14.1. The van der Waals surface area contributed by atoms with Crippen LogP contribution >= 0.6 is 11.8 Å². The van der Waals surface area contributed by atoms with Gasteiger partial charge in [-0.05, 0) is 29.8 Å². The van der Waals surface area contributed by atoms with E-state index in [0.29, 0.717) is 46.3 Å². The number of thioether (sulfide) groups is 1. The number of hydrogen-bond acceptors (Lipinski definition) is 7. The minimum absolute atomic E-state index is 0.109. The molecule has 154 valence electrons. The Labute approximate surface area is 176 Å². The summed E-state index contributed by atoms with van der Waals surface area (Å²) in [4.78, 5) is 29.7. The van der Waals surface area contributed by atoms with Gasteiger partial charge in [-0.25, -0.2) is 9.78 Å². The molecule has 0 amide bonds. The molecule has 0 unspecified atom stereocenters. The average Bonchev–Trinajstić information content (AvgIpc) is 2.76. The van der Waals surface area contributed by atoms with Crippen molar-refractivity contribution >= 4 is 33.6 Å². The molecule has 0 radical (unpaired) electrons. The third-order valence-electron chi connectivity index (χ3n) is 4.74. The van der Waals surface area contributed by atoms with Crippen LogP contribution in [0.5, 0.6) is 5.75 Å². The molecular weight excluding hydrogens is 404 g/mol. The molecule has 8 heteroatoms. The monoisotopic (exact) mass is 424 g/mol. The van der Waals surface area contributed by atoms with Crippen molar-refractivity contribution in [1.82, 2.24) is 9.55 Å². The molecule has 0 aliphatic heterocycles. The van der Waals surface area contributed by atoms with Crippen LogP contribution in [0, 0.1) is 0 Å². The van der Waals surface area contributed by atoms with E-state index in [4.69, 9.17) is 13.9 Å². The smallest absolute Gasteiger partial charge is 0.336 e. The lowest BCUT2D eigenvalue weighted by molar-refractivity contribution is 0.183. The largest absolute Gasteiger partial charge is 0.497 e. The minimum atomic E-state index is -0.436. The van der Waals surface area contributed by atoms with Crippen LogP contribution in [0.1, 0.15) is 5.56 Å². The maximum atomic E-state index is 13.0. The van der Waals surface area contributed by atoms with Crippen molar-refractivity contribution < 1.29 is 13.9 Å². The molecule has 2 aromatic heterocycles. The van der Waals surface area contributed by atoms with Crippen molar-refractivity contribution in [3.05, 3.63) is 74.9 Å². The Hall–Kier alpha value is -3.10. The number of hydrogen-bond donors (Lipinski definition) is 0. The standard InChI is InChI=1S/C22H20N2O5S/c1-27-10-9-24-21(26)17-5-3-4-6-18(17)23-22(24)30-13-14-11-20(25)29-19-12-15(28-2)7-8-16(14)19/h3-8,11-12H,9-10,13H2,1-2H3. The predicted octanol–water partition coefficient (Wildman–Crippen LogP) is 3.45. The van der Waals surface area contributed by atoms with Gasteiger partial charge in [-0.15, -0.1) is 0 Å². The zero-order chi connectivity index (χ0) is 21.1. The van der Waals surface area contributed by atoms with Crippen LogP contribution < -0.4 is 15.9 Å². The van der Waals surface area contributed by atoms with E-state index in [1.54, 1.807) is 30.9 Å². The van der Waals surface area contributed by atoms with Crippen LogP contribution in [0.2, 0.25) is 0 Å². The highest BCUT2D eigenvalue weighted by molar-refractivity contribution is 7.98. The molecule has 0 saturated heterocycles. The van der Waals surface area contributed by atoms with E-state index in [9.17, 15) is 9.59 Å². The Morgan fingerprint density at radius 2 is 1.90 bits per heavy atom. The van der Waals surface area contributed by atoms with Crippen molar-refractivity contribution in [2.75, 3.05) is 20.8 Å². The summed E-state index contributed by atoms with van der Waals surface area (Å²) in [7, 11) is 3.15. The van der Waals surface area contributed by atoms with Gasteiger partial charge in [0.05, 0.1) is 31.2 Å². The molecule has 0 spiro atoms. The number of para-hydroxylation sites is 1. The van der Waals surface area contributed by atoms with Gasteiger partial charge in [0.15, 0.2) is 5.16 Å². The Kier molecular flexibility index (Phi) is 5.87. The predicted molar refractivity (Wildman–Crippen MR) is 116 cm³/mol. The fraction of sp³-hybridized carbons (Fsp3) is 0.227. The van der Waals surface area contributed by atoms with Gasteiger partial charge in [-0.3, -0.25) is 9.36 Å². The highest BCUT2D eigenvalue weighted by atomic mass is 32.2. The fourth-order valence-electron chi connectivity index (χ4n) is 3.24. The number of nitrogens with zero attached hydrogens (tertiary/aromatic N) is 2. The lowest BCUT2D eigenvalue weighted by Gasteiger charge is -2.13. The maximum absolute atomic E-state index is 13.0. The highest BCUT2D eigenvalue weighted by Crippen LogP contribution is 2.28. The maximum Gasteiger partial charge on any atom is 0.336 e. The zero-order valence-electron chi connectivity index (χ0n) is 16.6. The second-order valence-electron chi connectivity index (χ2n) is 6.60. The molecule has 0 aliphatic rings. The van der Waals surface area contributed by atoms with Crippen molar-refractivity contribution in [3.8, 4) is 5.75 Å². The third-order valence-corrected chi connectivity index (χ3v) is 5.76. The van der Waals surface area contributed by atoms with Crippen molar-refractivity contribution in [2.24, 2.45) is 0 Å². The number of aromatic nitrogens is 2. The van der Waals surface area contributed by atoms with Crippen LogP contribution in [0.4, 0.5) is 0 Å². The Bertz CT molecular complexity index is 1330. The number of methoxy groups -OCH3 is 2. The second-order valence-corrected chi connectivity index (χ2v) is 7.55. The van der Waals surface area contributed by atoms with E-state index in [1.807, 2.05) is 30.3 Å². The molecule has 4 aromatic rings. The van der Waals surface area contributed by atoms with Crippen molar-refractivity contribution in [3.63, 3.8) is 0 Å². The van der Waals surface area contributed by atoms with E-state index in [0.717, 1.165) is 10.9 Å². The molecular formula is C22H20N2O5S. The zero-order valence-corrected chi connectivity index (χ0v) is 17.4. The first-order valence-corrected chi connectivity index (χ1v) is 10.3. The quantitative estimate of drug-likeness (QED) is 0.255. The minimum Gasteiger partial charge on any atom is -0.497 e. The molecule has 0 fully saturated rings. The van der Waals surface area contributed by atoms with Gasteiger partial charge in [0.2, 0.25) is 0 Å². The van der Waals surface area contributed by atoms with Crippen molar-refractivity contribution in [1.29, 1.82) is 0 Å². The summed E-state index contributed by atoms with van der Waals surface area (Å²) in [6.07, 6.45) is 0. The summed E-state index contributed by atoms with van der Waals surface area (Å²) in [6.45, 7) is 0.787. The second kappa shape index (κ2) is 8.73. The van der Waals surface area contributed by atoms with E-state index in [1.165, 1.54) is 17.8 Å². The average molecular weight is 424 g/mol. The normalized spacial score (nSPS) is 11.3. The summed E-state index contributed by atoms with van der Waals surface area (Å²) >= 11 is 1.40. The molecule has 2 aromatic carbocycles. The van der Waals surface area contributed by atoms with Gasteiger partial charge >= 0.3 is 5.63 Å². The molecule has 0 atom stereocenters. The molecule has 0 N–H and O–H groups in total. The molecule has 0 bridgehead atoms. The van der Waals surface area contributed by atoms with Gasteiger partial charge in [-0.2, -0.15) is 0 Å². The van der Waals surface area contributed by atoms with Crippen LogP contribution in [0.15, 0.2) is 67.7 Å². The summed E-state index contributed by atoms with van der Waals surface area (Å²) in [5.74, 6) is 1.06. The summed E-state index contributed by atoms with van der Waals surface area (Å²) in [5.41, 5.74) is 1.35. The van der Waals surface area contributed by atoms with Crippen LogP contribution in [0.25, 0.3) is 21.9 Å². The van der Waals surface area contributed by atoms with Gasteiger partial charge in [0.25, 0.3) is 5.56 Å². The Morgan fingerprint density at radius 3 is 2.70 bits per heavy atom.